The molecule has 250 valence electrons. The van der Waals surface area contributed by atoms with Crippen LogP contribution in [0.25, 0.3) is 6.08 Å². The van der Waals surface area contributed by atoms with E-state index < -0.39 is 71.7 Å². The van der Waals surface area contributed by atoms with Gasteiger partial charge in [0.05, 0.1) is 22.8 Å². The van der Waals surface area contributed by atoms with Gasteiger partial charge in [0.2, 0.25) is 10.0 Å². The SMILES string of the molecule is CCN1C(C)(C)C=C(CS(=O)(=O)N(CCS(=O)(=O)O)CCS(=O)(=O)O)C2=CC3=Cc4ccc(N(C)C)cc4C(C)(C)C3=CC21C. The summed E-state index contributed by atoms with van der Waals surface area (Å²) in [6, 6.07) is 6.36. The van der Waals surface area contributed by atoms with Gasteiger partial charge in [-0.2, -0.15) is 21.1 Å². The molecule has 0 amide bonds. The summed E-state index contributed by atoms with van der Waals surface area (Å²) in [5.41, 5.74) is 5.05. The number of sulfonamides is 1. The third-order valence-corrected chi connectivity index (χ3v) is 12.4. The number of hydrogen-bond donors (Lipinski definition) is 2. The van der Waals surface area contributed by atoms with E-state index in [-0.39, 0.29) is 5.41 Å². The highest BCUT2D eigenvalue weighted by Gasteiger charge is 2.50. The molecule has 0 radical (unpaired) electrons. The standard InChI is InChI=1S/C31H45N3O8S3/c1-9-34-29(2,3)19-24(21-43(35,36)33(12-14-44(37,38)39)13-15-45(40,41)42)27-17-23-16-22-10-11-25(32(7)8)18-26(22)30(4,5)28(23)20-31(27,34)6/h10-11,16-20H,9,12-15,21H2,1-8H3,(H,37,38,39)(H,40,41,42). The first-order valence-corrected chi connectivity index (χ1v) is 19.6. The van der Waals surface area contributed by atoms with Crippen LogP contribution in [-0.4, -0.2) is 106 Å². The Kier molecular flexibility index (Phi) is 9.26. The zero-order valence-corrected chi connectivity index (χ0v) is 29.6. The highest BCUT2D eigenvalue weighted by atomic mass is 32.2. The number of likely N-dealkylation sites (N-methyl/N-ethyl adjacent to an activating group) is 1. The second-order valence-electron chi connectivity index (χ2n) is 13.4. The summed E-state index contributed by atoms with van der Waals surface area (Å²) in [6.07, 6.45) is 8.29. The highest BCUT2D eigenvalue weighted by molar-refractivity contribution is 7.89. The maximum Gasteiger partial charge on any atom is 0.266 e. The van der Waals surface area contributed by atoms with Crippen molar-refractivity contribution in [1.82, 2.24) is 9.21 Å². The van der Waals surface area contributed by atoms with E-state index in [0.717, 1.165) is 28.0 Å². The second kappa shape index (κ2) is 11.7. The van der Waals surface area contributed by atoms with E-state index in [1.54, 1.807) is 0 Å². The average molecular weight is 684 g/mol. The van der Waals surface area contributed by atoms with E-state index in [9.17, 15) is 34.4 Å². The molecule has 2 aliphatic carbocycles. The summed E-state index contributed by atoms with van der Waals surface area (Å²) in [7, 11) is -9.41. The van der Waals surface area contributed by atoms with Crippen LogP contribution in [-0.2, 0) is 35.7 Å². The van der Waals surface area contributed by atoms with Crippen molar-refractivity contribution in [3.63, 3.8) is 0 Å². The quantitative estimate of drug-likeness (QED) is 0.332. The minimum Gasteiger partial charge on any atom is -0.378 e. The Bertz CT molecular complexity index is 1800. The minimum absolute atomic E-state index is 0.365. The molecule has 0 aromatic heterocycles. The zero-order chi connectivity index (χ0) is 34.0. The topological polar surface area (TPSA) is 153 Å². The molecule has 14 heteroatoms. The number of anilines is 1. The Morgan fingerprint density at radius 3 is 1.91 bits per heavy atom. The number of hydrogen-bond acceptors (Lipinski definition) is 8. The van der Waals surface area contributed by atoms with Crippen molar-refractivity contribution in [2.75, 3.05) is 55.9 Å². The molecule has 1 aromatic carbocycles. The van der Waals surface area contributed by atoms with Crippen LogP contribution >= 0.6 is 0 Å². The van der Waals surface area contributed by atoms with Crippen LogP contribution in [0.1, 0.15) is 52.7 Å². The van der Waals surface area contributed by atoms with Crippen LogP contribution in [0.3, 0.4) is 0 Å². The zero-order valence-electron chi connectivity index (χ0n) is 27.2. The Labute approximate surface area is 268 Å². The fraction of sp³-hybridized carbons (Fsp3) is 0.548. The van der Waals surface area contributed by atoms with Gasteiger partial charge >= 0.3 is 0 Å². The van der Waals surface area contributed by atoms with Gasteiger partial charge in [0, 0.05) is 43.8 Å². The van der Waals surface area contributed by atoms with Crippen molar-refractivity contribution in [1.29, 1.82) is 0 Å². The first-order chi connectivity index (χ1) is 20.4. The Morgan fingerprint density at radius 2 is 1.40 bits per heavy atom. The molecule has 3 aliphatic rings. The summed E-state index contributed by atoms with van der Waals surface area (Å²) in [6.45, 7) is 11.9. The summed E-state index contributed by atoms with van der Waals surface area (Å²) in [5.74, 6) is -2.38. The molecule has 1 unspecified atom stereocenters. The fourth-order valence-corrected chi connectivity index (χ4v) is 9.76. The molecular weight excluding hydrogens is 639 g/mol. The van der Waals surface area contributed by atoms with Crippen LogP contribution in [0.2, 0.25) is 0 Å². The minimum atomic E-state index is -4.55. The first-order valence-electron chi connectivity index (χ1n) is 14.8. The molecule has 2 N–H and O–H groups in total. The third-order valence-electron chi connectivity index (χ3n) is 9.17. The van der Waals surface area contributed by atoms with Gasteiger partial charge in [0.15, 0.2) is 0 Å². The van der Waals surface area contributed by atoms with Crippen LogP contribution < -0.4 is 4.90 Å². The normalized spacial score (nSPS) is 22.8. The predicted molar refractivity (Wildman–Crippen MR) is 179 cm³/mol. The molecule has 4 rings (SSSR count). The molecule has 0 bridgehead atoms. The lowest BCUT2D eigenvalue weighted by molar-refractivity contribution is 0.0834. The lowest BCUT2D eigenvalue weighted by Gasteiger charge is -2.55. The molecular formula is C31H45N3O8S3. The van der Waals surface area contributed by atoms with Crippen molar-refractivity contribution in [3.05, 3.63) is 69.8 Å². The van der Waals surface area contributed by atoms with Gasteiger partial charge in [0.25, 0.3) is 20.2 Å². The fourth-order valence-electron chi connectivity index (χ4n) is 7.07. The van der Waals surface area contributed by atoms with Crippen LogP contribution in [0.15, 0.2) is 58.7 Å². The monoisotopic (exact) mass is 683 g/mol. The maximum absolute atomic E-state index is 13.9. The molecule has 0 saturated heterocycles. The predicted octanol–water partition coefficient (Wildman–Crippen LogP) is 3.50. The molecule has 0 fully saturated rings. The van der Waals surface area contributed by atoms with E-state index in [1.165, 1.54) is 5.56 Å². The van der Waals surface area contributed by atoms with Gasteiger partial charge in [-0.25, -0.2) is 8.42 Å². The number of fused-ring (bicyclic) bond motifs is 3. The molecule has 1 aliphatic heterocycles. The molecule has 0 saturated carbocycles. The van der Waals surface area contributed by atoms with Crippen molar-refractivity contribution >= 4 is 42.0 Å². The molecule has 0 spiro atoms. The molecule has 1 aromatic rings. The van der Waals surface area contributed by atoms with Crippen molar-refractivity contribution in [3.8, 4) is 0 Å². The van der Waals surface area contributed by atoms with Crippen molar-refractivity contribution in [2.45, 2.75) is 58.0 Å². The first kappa shape index (κ1) is 35.5. The smallest absolute Gasteiger partial charge is 0.266 e. The van der Waals surface area contributed by atoms with Gasteiger partial charge in [0.1, 0.15) is 0 Å². The summed E-state index contributed by atoms with van der Waals surface area (Å²) < 4.78 is 93.0. The van der Waals surface area contributed by atoms with Crippen LogP contribution in [0, 0.1) is 0 Å². The van der Waals surface area contributed by atoms with Crippen molar-refractivity contribution < 1.29 is 34.4 Å². The summed E-state index contributed by atoms with van der Waals surface area (Å²) >= 11 is 0. The summed E-state index contributed by atoms with van der Waals surface area (Å²) in [5, 5.41) is 0. The highest BCUT2D eigenvalue weighted by Crippen LogP contribution is 2.53. The Morgan fingerprint density at radius 1 is 0.822 bits per heavy atom. The van der Waals surface area contributed by atoms with Gasteiger partial charge < -0.3 is 4.90 Å². The number of rotatable bonds is 11. The van der Waals surface area contributed by atoms with Crippen LogP contribution in [0.5, 0.6) is 0 Å². The van der Waals surface area contributed by atoms with E-state index in [2.05, 4.69) is 67.8 Å². The van der Waals surface area contributed by atoms with E-state index in [1.807, 2.05) is 40.1 Å². The number of benzene rings is 1. The van der Waals surface area contributed by atoms with Gasteiger partial charge in [-0.15, -0.1) is 0 Å². The number of allylic oxidation sites excluding steroid dienone is 3. The molecule has 45 heavy (non-hydrogen) atoms. The van der Waals surface area contributed by atoms with E-state index in [0.29, 0.717) is 16.4 Å². The largest absolute Gasteiger partial charge is 0.378 e. The Hall–Kier alpha value is -2.33. The second-order valence-corrected chi connectivity index (χ2v) is 18.6. The van der Waals surface area contributed by atoms with E-state index >= 15 is 0 Å². The average Bonchev–Trinajstić information content (AvgIpc) is 2.86. The summed E-state index contributed by atoms with van der Waals surface area (Å²) in [4.78, 5) is 4.38. The molecule has 1 heterocycles. The van der Waals surface area contributed by atoms with Crippen molar-refractivity contribution in [2.24, 2.45) is 0 Å². The van der Waals surface area contributed by atoms with Crippen LogP contribution in [0.4, 0.5) is 5.69 Å². The van der Waals surface area contributed by atoms with Gasteiger partial charge in [-0.3, -0.25) is 14.0 Å². The Balaban J connectivity index is 1.86. The third kappa shape index (κ3) is 7.16. The molecule has 1 atom stereocenters. The molecule has 11 nitrogen and oxygen atoms in total. The lowest BCUT2D eigenvalue weighted by atomic mass is 9.62. The van der Waals surface area contributed by atoms with E-state index in [4.69, 9.17) is 0 Å². The van der Waals surface area contributed by atoms with Gasteiger partial charge in [-0.1, -0.05) is 39.0 Å². The van der Waals surface area contributed by atoms with Gasteiger partial charge in [-0.05, 0) is 85.0 Å². The number of nitrogens with zero attached hydrogens (tertiary/aromatic N) is 3. The lowest BCUT2D eigenvalue weighted by Crippen LogP contribution is -2.60. The maximum atomic E-state index is 13.9.